The van der Waals surface area contributed by atoms with Crippen LogP contribution in [0.15, 0.2) is 71.7 Å². The van der Waals surface area contributed by atoms with Gasteiger partial charge in [0.1, 0.15) is 0 Å². The molecule has 0 saturated carbocycles. The predicted octanol–water partition coefficient (Wildman–Crippen LogP) is 5.43. The Bertz CT molecular complexity index is 1680. The van der Waals surface area contributed by atoms with Crippen LogP contribution < -0.4 is 4.31 Å². The molecule has 0 amide bonds. The minimum absolute atomic E-state index is 0.0143. The third kappa shape index (κ3) is 7.66. The first-order valence-corrected chi connectivity index (χ1v) is 15.3. The standard InChI is InChI=1S/C30H33ClN4O5S/c1-34(2)16-5-17-35(41(3,39)40)24-12-10-23(11-13-24)32-29(21-7-4-6-20(18-21)8-15-27(36)37)28-25-14-9-22(31)19-26(25)33-30(28)38/h4,6-7,9-14,18-19,33,38H,5,8,15-17H2,1-3H3,(H,36,37). The van der Waals surface area contributed by atoms with Gasteiger partial charge in [-0.1, -0.05) is 35.9 Å². The molecule has 3 N–H and O–H groups in total. The van der Waals surface area contributed by atoms with Crippen LogP contribution >= 0.6 is 11.6 Å². The largest absolute Gasteiger partial charge is 0.494 e. The quantitative estimate of drug-likeness (QED) is 0.187. The topological polar surface area (TPSA) is 126 Å². The minimum Gasteiger partial charge on any atom is -0.494 e. The number of fused-ring (bicyclic) bond motifs is 1. The van der Waals surface area contributed by atoms with Gasteiger partial charge in [0, 0.05) is 28.9 Å². The van der Waals surface area contributed by atoms with Gasteiger partial charge in [-0.25, -0.2) is 13.4 Å². The zero-order chi connectivity index (χ0) is 29.7. The molecule has 216 valence electrons. The molecule has 0 radical (unpaired) electrons. The number of aliphatic carboxylic acids is 1. The number of carboxylic acid groups (broad SMARTS) is 1. The molecule has 3 aromatic carbocycles. The van der Waals surface area contributed by atoms with Crippen molar-refractivity contribution in [3.8, 4) is 5.88 Å². The molecule has 1 heterocycles. The number of carboxylic acids is 1. The number of halogens is 1. The molecule has 41 heavy (non-hydrogen) atoms. The van der Waals surface area contributed by atoms with E-state index in [9.17, 15) is 18.3 Å². The number of carbonyl (C=O) groups is 1. The van der Waals surface area contributed by atoms with Crippen molar-refractivity contribution in [3.63, 3.8) is 0 Å². The summed E-state index contributed by atoms with van der Waals surface area (Å²) in [5.41, 5.74) is 4.15. The zero-order valence-corrected chi connectivity index (χ0v) is 24.7. The van der Waals surface area contributed by atoms with E-state index < -0.39 is 16.0 Å². The van der Waals surface area contributed by atoms with E-state index in [-0.39, 0.29) is 12.3 Å². The summed E-state index contributed by atoms with van der Waals surface area (Å²) < 4.78 is 26.4. The number of aliphatic imine (C=N–C) groups is 1. The summed E-state index contributed by atoms with van der Waals surface area (Å²) in [5, 5.41) is 21.3. The van der Waals surface area contributed by atoms with Crippen molar-refractivity contribution in [3.05, 3.63) is 88.4 Å². The van der Waals surface area contributed by atoms with E-state index in [0.717, 1.165) is 12.1 Å². The van der Waals surface area contributed by atoms with E-state index in [1.54, 1.807) is 42.5 Å². The Hall–Kier alpha value is -3.86. The highest BCUT2D eigenvalue weighted by Crippen LogP contribution is 2.33. The van der Waals surface area contributed by atoms with Gasteiger partial charge >= 0.3 is 5.97 Å². The number of aromatic nitrogens is 1. The Morgan fingerprint density at radius 1 is 1.02 bits per heavy atom. The fourth-order valence-corrected chi connectivity index (χ4v) is 5.76. The number of aromatic hydroxyl groups is 1. The van der Waals surface area contributed by atoms with Gasteiger partial charge in [0.25, 0.3) is 0 Å². The molecule has 0 unspecified atom stereocenters. The average molecular weight is 597 g/mol. The van der Waals surface area contributed by atoms with Crippen molar-refractivity contribution < 1.29 is 23.4 Å². The van der Waals surface area contributed by atoms with E-state index in [1.807, 2.05) is 43.3 Å². The molecule has 9 nitrogen and oxygen atoms in total. The van der Waals surface area contributed by atoms with Crippen LogP contribution in [0.2, 0.25) is 5.02 Å². The van der Waals surface area contributed by atoms with Gasteiger partial charge in [-0.05, 0) is 81.5 Å². The predicted molar refractivity (Wildman–Crippen MR) is 164 cm³/mol. The number of anilines is 1. The molecule has 0 aliphatic carbocycles. The maximum atomic E-state index is 12.5. The number of hydrogen-bond donors (Lipinski definition) is 3. The first-order chi connectivity index (χ1) is 19.4. The van der Waals surface area contributed by atoms with Gasteiger partial charge in [0.15, 0.2) is 5.88 Å². The number of aromatic amines is 1. The molecule has 0 saturated heterocycles. The summed E-state index contributed by atoms with van der Waals surface area (Å²) >= 11 is 6.18. The molecular weight excluding hydrogens is 564 g/mol. The fraction of sp³-hybridized carbons (Fsp3) is 0.267. The molecule has 11 heteroatoms. The van der Waals surface area contributed by atoms with Crippen LogP contribution in [-0.2, 0) is 21.2 Å². The lowest BCUT2D eigenvalue weighted by Gasteiger charge is -2.23. The van der Waals surface area contributed by atoms with Crippen molar-refractivity contribution >= 4 is 55.6 Å². The lowest BCUT2D eigenvalue weighted by Crippen LogP contribution is -2.32. The summed E-state index contributed by atoms with van der Waals surface area (Å²) in [4.78, 5) is 21.0. The maximum absolute atomic E-state index is 12.5. The third-order valence-electron chi connectivity index (χ3n) is 6.55. The highest BCUT2D eigenvalue weighted by atomic mass is 35.5. The molecule has 0 aliphatic rings. The molecular formula is C30H33ClN4O5S. The van der Waals surface area contributed by atoms with E-state index in [1.165, 1.54) is 10.6 Å². The molecule has 0 bridgehead atoms. The first-order valence-electron chi connectivity index (χ1n) is 13.1. The van der Waals surface area contributed by atoms with Gasteiger partial charge in [0.2, 0.25) is 10.0 Å². The van der Waals surface area contributed by atoms with Crippen LogP contribution in [0.1, 0.15) is 29.5 Å². The summed E-state index contributed by atoms with van der Waals surface area (Å²) in [6.07, 6.45) is 2.19. The van der Waals surface area contributed by atoms with E-state index in [4.69, 9.17) is 21.7 Å². The summed E-state index contributed by atoms with van der Waals surface area (Å²) in [7, 11) is 0.392. The highest BCUT2D eigenvalue weighted by molar-refractivity contribution is 7.92. The van der Waals surface area contributed by atoms with Crippen LogP contribution in [-0.4, -0.2) is 73.6 Å². The number of nitrogens with zero attached hydrogens (tertiary/aromatic N) is 3. The van der Waals surface area contributed by atoms with E-state index in [0.29, 0.717) is 63.5 Å². The highest BCUT2D eigenvalue weighted by Gasteiger charge is 2.20. The number of benzene rings is 3. The molecule has 0 spiro atoms. The Kier molecular flexibility index (Phi) is 9.37. The van der Waals surface area contributed by atoms with Crippen molar-refractivity contribution in [2.24, 2.45) is 4.99 Å². The Balaban J connectivity index is 1.79. The molecule has 0 aliphatic heterocycles. The van der Waals surface area contributed by atoms with E-state index >= 15 is 0 Å². The van der Waals surface area contributed by atoms with Gasteiger partial charge < -0.3 is 20.1 Å². The Labute approximate surface area is 244 Å². The second-order valence-electron chi connectivity index (χ2n) is 10.1. The van der Waals surface area contributed by atoms with Crippen molar-refractivity contribution in [2.75, 3.05) is 37.7 Å². The number of H-pyrrole nitrogens is 1. The van der Waals surface area contributed by atoms with Crippen LogP contribution in [0, 0.1) is 0 Å². The number of hydrogen-bond acceptors (Lipinski definition) is 6. The maximum Gasteiger partial charge on any atom is 0.303 e. The number of rotatable bonds is 12. The van der Waals surface area contributed by atoms with Crippen molar-refractivity contribution in [1.29, 1.82) is 0 Å². The van der Waals surface area contributed by atoms with Crippen LogP contribution in [0.3, 0.4) is 0 Å². The lowest BCUT2D eigenvalue weighted by molar-refractivity contribution is -0.136. The summed E-state index contributed by atoms with van der Waals surface area (Å²) in [6.45, 7) is 1.10. The Morgan fingerprint density at radius 2 is 1.76 bits per heavy atom. The SMILES string of the molecule is CN(C)CCCN(c1ccc(N=C(c2cccc(CCC(=O)O)c2)c2c(O)[nH]c3cc(Cl)ccc23)cc1)S(C)(=O)=O. The first kappa shape index (κ1) is 30.1. The average Bonchev–Trinajstić information content (AvgIpc) is 3.22. The third-order valence-corrected chi connectivity index (χ3v) is 7.98. The minimum atomic E-state index is -3.49. The molecule has 4 rings (SSSR count). The van der Waals surface area contributed by atoms with Crippen LogP contribution in [0.5, 0.6) is 5.88 Å². The van der Waals surface area contributed by atoms with Gasteiger partial charge in [-0.2, -0.15) is 0 Å². The zero-order valence-electron chi connectivity index (χ0n) is 23.1. The Morgan fingerprint density at radius 3 is 2.41 bits per heavy atom. The molecule has 0 fully saturated rings. The van der Waals surface area contributed by atoms with Crippen LogP contribution in [0.4, 0.5) is 11.4 Å². The van der Waals surface area contributed by atoms with Crippen molar-refractivity contribution in [2.45, 2.75) is 19.3 Å². The smallest absolute Gasteiger partial charge is 0.303 e. The van der Waals surface area contributed by atoms with Crippen molar-refractivity contribution in [1.82, 2.24) is 9.88 Å². The second-order valence-corrected chi connectivity index (χ2v) is 12.4. The fourth-order valence-electron chi connectivity index (χ4n) is 4.62. The normalized spacial score (nSPS) is 12.3. The molecule has 0 atom stereocenters. The summed E-state index contributed by atoms with van der Waals surface area (Å²) in [6, 6.07) is 19.5. The monoisotopic (exact) mass is 596 g/mol. The lowest BCUT2D eigenvalue weighted by atomic mass is 9.97. The number of nitrogens with one attached hydrogen (secondary N) is 1. The summed E-state index contributed by atoms with van der Waals surface area (Å²) in [5.74, 6) is -0.974. The van der Waals surface area contributed by atoms with Gasteiger partial charge in [-0.15, -0.1) is 0 Å². The second kappa shape index (κ2) is 12.8. The van der Waals surface area contributed by atoms with E-state index in [2.05, 4.69) is 4.98 Å². The molecule has 1 aromatic heterocycles. The van der Waals surface area contributed by atoms with Gasteiger partial charge in [0.05, 0.1) is 34.4 Å². The molecule has 4 aromatic rings. The van der Waals surface area contributed by atoms with Gasteiger partial charge in [-0.3, -0.25) is 9.10 Å². The number of sulfonamides is 1. The van der Waals surface area contributed by atoms with Crippen LogP contribution in [0.25, 0.3) is 10.9 Å². The number of aryl methyl sites for hydroxylation is 1.